The van der Waals surface area contributed by atoms with Crippen LogP contribution in [-0.2, 0) is 9.59 Å². The van der Waals surface area contributed by atoms with Crippen molar-refractivity contribution in [2.75, 3.05) is 11.9 Å². The minimum absolute atomic E-state index is 0.111. The largest absolute Gasteiger partial charge is 0.492 e. The lowest BCUT2D eigenvalue weighted by Crippen LogP contribution is -2.41. The predicted molar refractivity (Wildman–Crippen MR) is 117 cm³/mol. The standard InChI is InChI=1S/C20H19Cl2N3O4S/c1-11-19(27)23-15-9-12(4-7-17(15)30-11)20(28)25-24-18(26)3-2-8-29-16-6-5-13(21)10-14(16)22/h4-7,9-11H,2-3,8H2,1H3,(H,23,27)(H,24,26)(H,25,28)/t11-/m1/s1. The highest BCUT2D eigenvalue weighted by atomic mass is 35.5. The molecule has 0 radical (unpaired) electrons. The fourth-order valence-electron chi connectivity index (χ4n) is 2.62. The van der Waals surface area contributed by atoms with Crippen molar-refractivity contribution in [1.29, 1.82) is 0 Å². The summed E-state index contributed by atoms with van der Waals surface area (Å²) < 4.78 is 5.51. The number of ether oxygens (including phenoxy) is 1. The van der Waals surface area contributed by atoms with Crippen molar-refractivity contribution < 1.29 is 19.1 Å². The molecule has 1 atom stereocenters. The van der Waals surface area contributed by atoms with Gasteiger partial charge in [-0.1, -0.05) is 23.2 Å². The fraction of sp³-hybridized carbons (Fsp3) is 0.250. The minimum atomic E-state index is -0.479. The number of hydrazine groups is 1. The Morgan fingerprint density at radius 3 is 2.73 bits per heavy atom. The second-order valence-corrected chi connectivity index (χ2v) is 8.72. The first kappa shape index (κ1) is 22.3. The third-order valence-corrected chi connectivity index (χ3v) is 5.90. The summed E-state index contributed by atoms with van der Waals surface area (Å²) in [5.41, 5.74) is 5.64. The van der Waals surface area contributed by atoms with E-state index in [9.17, 15) is 14.4 Å². The Kier molecular flexibility index (Phi) is 7.47. The van der Waals surface area contributed by atoms with E-state index in [4.69, 9.17) is 27.9 Å². The molecule has 3 rings (SSSR count). The molecule has 0 aliphatic carbocycles. The van der Waals surface area contributed by atoms with Crippen LogP contribution in [0.1, 0.15) is 30.1 Å². The number of hydrogen-bond donors (Lipinski definition) is 3. The molecule has 30 heavy (non-hydrogen) atoms. The van der Waals surface area contributed by atoms with Gasteiger partial charge in [-0.05, 0) is 49.7 Å². The third-order valence-electron chi connectivity index (χ3n) is 4.19. The van der Waals surface area contributed by atoms with Gasteiger partial charge in [0.05, 0.1) is 22.6 Å². The van der Waals surface area contributed by atoms with Gasteiger partial charge in [0.2, 0.25) is 11.8 Å². The molecule has 1 heterocycles. The molecule has 1 aliphatic heterocycles. The van der Waals surface area contributed by atoms with Gasteiger partial charge in [-0.15, -0.1) is 11.8 Å². The highest BCUT2D eigenvalue weighted by Crippen LogP contribution is 2.35. The molecule has 0 spiro atoms. The molecule has 0 saturated carbocycles. The average Bonchev–Trinajstić information content (AvgIpc) is 2.71. The second kappa shape index (κ2) is 10.1. The maximum atomic E-state index is 12.3. The molecule has 2 aromatic carbocycles. The number of anilines is 1. The highest BCUT2D eigenvalue weighted by molar-refractivity contribution is 8.00. The van der Waals surface area contributed by atoms with E-state index in [1.165, 1.54) is 11.8 Å². The first-order valence-electron chi connectivity index (χ1n) is 9.12. The molecule has 158 valence electrons. The minimum Gasteiger partial charge on any atom is -0.492 e. The maximum absolute atomic E-state index is 12.3. The van der Waals surface area contributed by atoms with Crippen LogP contribution in [0.25, 0.3) is 0 Å². The summed E-state index contributed by atoms with van der Waals surface area (Å²) in [7, 11) is 0. The Hall–Kier alpha value is -2.42. The summed E-state index contributed by atoms with van der Waals surface area (Å²) in [6.45, 7) is 2.09. The Morgan fingerprint density at radius 1 is 1.17 bits per heavy atom. The van der Waals surface area contributed by atoms with Crippen LogP contribution in [-0.4, -0.2) is 29.6 Å². The lowest BCUT2D eigenvalue weighted by atomic mass is 10.2. The smallest absolute Gasteiger partial charge is 0.269 e. The molecule has 3 amide bonds. The van der Waals surface area contributed by atoms with Crippen LogP contribution in [0.15, 0.2) is 41.3 Å². The number of carbonyl (C=O) groups excluding carboxylic acids is 3. The van der Waals surface area contributed by atoms with Crippen molar-refractivity contribution in [1.82, 2.24) is 10.9 Å². The van der Waals surface area contributed by atoms with Crippen molar-refractivity contribution in [3.05, 3.63) is 52.0 Å². The quantitative estimate of drug-likeness (QED) is 0.439. The van der Waals surface area contributed by atoms with Crippen molar-refractivity contribution in [2.24, 2.45) is 0 Å². The van der Waals surface area contributed by atoms with E-state index >= 15 is 0 Å². The Morgan fingerprint density at radius 2 is 1.97 bits per heavy atom. The number of nitrogens with one attached hydrogen (secondary N) is 3. The Balaban J connectivity index is 1.42. The summed E-state index contributed by atoms with van der Waals surface area (Å²) in [6.07, 6.45) is 0.585. The van der Waals surface area contributed by atoms with Gasteiger partial charge in [0.1, 0.15) is 5.75 Å². The lowest BCUT2D eigenvalue weighted by Gasteiger charge is -2.21. The van der Waals surface area contributed by atoms with E-state index in [2.05, 4.69) is 16.2 Å². The van der Waals surface area contributed by atoms with Crippen LogP contribution in [0.2, 0.25) is 10.0 Å². The van der Waals surface area contributed by atoms with Gasteiger partial charge in [-0.3, -0.25) is 25.2 Å². The number of rotatable bonds is 6. The number of thioether (sulfide) groups is 1. The van der Waals surface area contributed by atoms with Crippen LogP contribution in [0.3, 0.4) is 0 Å². The van der Waals surface area contributed by atoms with E-state index in [1.807, 2.05) is 6.92 Å². The number of carbonyl (C=O) groups is 3. The van der Waals surface area contributed by atoms with E-state index < -0.39 is 5.91 Å². The van der Waals surface area contributed by atoms with Gasteiger partial charge in [0.15, 0.2) is 0 Å². The summed E-state index contributed by atoms with van der Waals surface area (Å²) in [5.74, 6) is -0.458. The van der Waals surface area contributed by atoms with Crippen LogP contribution in [0, 0.1) is 0 Å². The van der Waals surface area contributed by atoms with Crippen LogP contribution in [0.4, 0.5) is 5.69 Å². The van der Waals surface area contributed by atoms with Crippen LogP contribution >= 0.6 is 35.0 Å². The summed E-state index contributed by atoms with van der Waals surface area (Å²) >= 11 is 13.3. The molecule has 3 N–H and O–H groups in total. The van der Waals surface area contributed by atoms with Gasteiger partial charge < -0.3 is 10.1 Å². The number of benzene rings is 2. The zero-order chi connectivity index (χ0) is 21.7. The molecule has 0 aromatic heterocycles. The van der Waals surface area contributed by atoms with Crippen molar-refractivity contribution in [3.63, 3.8) is 0 Å². The number of hydrogen-bond acceptors (Lipinski definition) is 5. The average molecular weight is 468 g/mol. The van der Waals surface area contributed by atoms with Crippen molar-refractivity contribution >= 4 is 58.4 Å². The molecule has 7 nitrogen and oxygen atoms in total. The Labute approximate surface area is 187 Å². The first-order chi connectivity index (χ1) is 14.3. The zero-order valence-corrected chi connectivity index (χ0v) is 18.3. The Bertz CT molecular complexity index is 987. The first-order valence-corrected chi connectivity index (χ1v) is 10.8. The highest BCUT2D eigenvalue weighted by Gasteiger charge is 2.23. The molecule has 0 bridgehead atoms. The molecule has 2 aromatic rings. The molecule has 10 heteroatoms. The van der Waals surface area contributed by atoms with Crippen LogP contribution in [0.5, 0.6) is 5.75 Å². The molecule has 0 fully saturated rings. The van der Waals surface area contributed by atoms with Gasteiger partial charge in [0, 0.05) is 21.9 Å². The maximum Gasteiger partial charge on any atom is 0.269 e. The summed E-state index contributed by atoms with van der Waals surface area (Å²) in [5, 5.41) is 3.49. The van der Waals surface area contributed by atoms with E-state index in [-0.39, 0.29) is 30.1 Å². The van der Waals surface area contributed by atoms with Gasteiger partial charge in [0.25, 0.3) is 5.91 Å². The third kappa shape index (κ3) is 5.81. The number of amides is 3. The van der Waals surface area contributed by atoms with Crippen LogP contribution < -0.4 is 20.9 Å². The van der Waals surface area contributed by atoms with E-state index in [0.717, 1.165) is 4.90 Å². The molecular formula is C20H19Cl2N3O4S. The molecular weight excluding hydrogens is 449 g/mol. The molecule has 0 unspecified atom stereocenters. The van der Waals surface area contributed by atoms with Gasteiger partial charge in [-0.2, -0.15) is 0 Å². The van der Waals surface area contributed by atoms with Gasteiger partial charge in [-0.25, -0.2) is 0 Å². The van der Waals surface area contributed by atoms with E-state index in [1.54, 1.807) is 36.4 Å². The van der Waals surface area contributed by atoms with Crippen molar-refractivity contribution in [2.45, 2.75) is 29.9 Å². The number of halogens is 2. The van der Waals surface area contributed by atoms with E-state index in [0.29, 0.717) is 33.5 Å². The van der Waals surface area contributed by atoms with Gasteiger partial charge >= 0.3 is 0 Å². The normalized spacial score (nSPS) is 15.0. The number of fused-ring (bicyclic) bond motifs is 1. The summed E-state index contributed by atoms with van der Waals surface area (Å²) in [6, 6.07) is 9.89. The lowest BCUT2D eigenvalue weighted by molar-refractivity contribution is -0.122. The summed E-state index contributed by atoms with van der Waals surface area (Å²) in [4.78, 5) is 36.9. The zero-order valence-electron chi connectivity index (χ0n) is 16.0. The SMILES string of the molecule is C[C@H]1Sc2ccc(C(=O)NNC(=O)CCCOc3ccc(Cl)cc3Cl)cc2NC1=O. The monoisotopic (exact) mass is 467 g/mol. The molecule has 0 saturated heterocycles. The fourth-order valence-corrected chi connectivity index (χ4v) is 4.01. The van der Waals surface area contributed by atoms with Crippen molar-refractivity contribution in [3.8, 4) is 5.75 Å². The predicted octanol–water partition coefficient (Wildman–Crippen LogP) is 4.05. The second-order valence-electron chi connectivity index (χ2n) is 6.49. The topological polar surface area (TPSA) is 96.5 Å². The molecule has 1 aliphatic rings.